The van der Waals surface area contributed by atoms with Crippen LogP contribution in [-0.2, 0) is 17.6 Å². The van der Waals surface area contributed by atoms with Gasteiger partial charge in [0.05, 0.1) is 7.11 Å². The summed E-state index contributed by atoms with van der Waals surface area (Å²) < 4.78 is 10.4. The van der Waals surface area contributed by atoms with Gasteiger partial charge in [0.1, 0.15) is 11.5 Å². The molecule has 0 spiro atoms. The molecule has 0 heterocycles. The van der Waals surface area contributed by atoms with Crippen LogP contribution in [0.15, 0.2) is 12.1 Å². The molecule has 5 heteroatoms. The van der Waals surface area contributed by atoms with E-state index in [1.54, 1.807) is 13.2 Å². The Kier molecular flexibility index (Phi) is 3.19. The molecule has 1 aliphatic rings. The number of carboxylic acids is 1. The normalized spacial score (nSPS) is 17.6. The average Bonchev–Trinajstić information content (AvgIpc) is 2.65. The van der Waals surface area contributed by atoms with Crippen molar-refractivity contribution in [2.45, 2.75) is 18.9 Å². The first kappa shape index (κ1) is 11.7. The van der Waals surface area contributed by atoms with Crippen molar-refractivity contribution >= 4 is 5.97 Å². The van der Waals surface area contributed by atoms with Gasteiger partial charge < -0.3 is 20.3 Å². The molecule has 92 valence electrons. The first-order valence-corrected chi connectivity index (χ1v) is 5.40. The van der Waals surface area contributed by atoms with Crippen molar-refractivity contribution in [2.75, 3.05) is 13.7 Å². The van der Waals surface area contributed by atoms with Crippen LogP contribution < -0.4 is 15.2 Å². The van der Waals surface area contributed by atoms with Gasteiger partial charge in [-0.05, 0) is 30.0 Å². The largest absolute Gasteiger partial charge is 0.496 e. The van der Waals surface area contributed by atoms with E-state index in [0.717, 1.165) is 29.7 Å². The fourth-order valence-electron chi connectivity index (χ4n) is 2.12. The summed E-state index contributed by atoms with van der Waals surface area (Å²) in [4.78, 5) is 10.4. The summed E-state index contributed by atoms with van der Waals surface area (Å²) in [7, 11) is 1.58. The van der Waals surface area contributed by atoms with E-state index >= 15 is 0 Å². The molecule has 0 aliphatic heterocycles. The van der Waals surface area contributed by atoms with Crippen LogP contribution in [0.4, 0.5) is 0 Å². The summed E-state index contributed by atoms with van der Waals surface area (Å²) in [6, 6.07) is 3.65. The van der Waals surface area contributed by atoms with Gasteiger partial charge in [-0.3, -0.25) is 0 Å². The monoisotopic (exact) mass is 237 g/mol. The van der Waals surface area contributed by atoms with Crippen LogP contribution in [0, 0.1) is 0 Å². The molecule has 1 atom stereocenters. The van der Waals surface area contributed by atoms with Crippen molar-refractivity contribution in [3.8, 4) is 11.5 Å². The number of carbonyl (C=O) groups is 1. The summed E-state index contributed by atoms with van der Waals surface area (Å²) in [5.74, 6) is 0.231. The molecule has 0 radical (unpaired) electrons. The summed E-state index contributed by atoms with van der Waals surface area (Å²) in [5, 5.41) is 8.56. The fourth-order valence-corrected chi connectivity index (χ4v) is 2.12. The Morgan fingerprint density at radius 1 is 1.53 bits per heavy atom. The SMILES string of the molecule is COc1cc(OCC(=O)O)cc2c1CC(N)C2. The minimum Gasteiger partial charge on any atom is -0.496 e. The van der Waals surface area contributed by atoms with Crippen LogP contribution in [0.2, 0.25) is 0 Å². The molecule has 5 nitrogen and oxygen atoms in total. The molecule has 0 fully saturated rings. The first-order chi connectivity index (χ1) is 8.10. The molecule has 0 amide bonds. The van der Waals surface area contributed by atoms with Crippen molar-refractivity contribution in [3.05, 3.63) is 23.3 Å². The summed E-state index contributed by atoms with van der Waals surface area (Å²) in [6.07, 6.45) is 1.56. The lowest BCUT2D eigenvalue weighted by atomic mass is 10.1. The van der Waals surface area contributed by atoms with Crippen LogP contribution in [-0.4, -0.2) is 30.8 Å². The molecule has 0 saturated heterocycles. The molecular weight excluding hydrogens is 222 g/mol. The van der Waals surface area contributed by atoms with E-state index in [1.165, 1.54) is 0 Å². The lowest BCUT2D eigenvalue weighted by Crippen LogP contribution is -2.19. The number of rotatable bonds is 4. The van der Waals surface area contributed by atoms with Crippen molar-refractivity contribution in [3.63, 3.8) is 0 Å². The lowest BCUT2D eigenvalue weighted by molar-refractivity contribution is -0.139. The van der Waals surface area contributed by atoms with Crippen LogP contribution in [0.3, 0.4) is 0 Å². The van der Waals surface area contributed by atoms with Gasteiger partial charge in [-0.2, -0.15) is 0 Å². The number of hydrogen-bond donors (Lipinski definition) is 2. The Morgan fingerprint density at radius 3 is 2.94 bits per heavy atom. The van der Waals surface area contributed by atoms with E-state index < -0.39 is 5.97 Å². The highest BCUT2D eigenvalue weighted by atomic mass is 16.5. The number of methoxy groups -OCH3 is 1. The highest BCUT2D eigenvalue weighted by molar-refractivity contribution is 5.68. The average molecular weight is 237 g/mol. The Morgan fingerprint density at radius 2 is 2.29 bits per heavy atom. The number of carboxylic acid groups (broad SMARTS) is 1. The Balaban J connectivity index is 2.25. The Hall–Kier alpha value is -1.75. The summed E-state index contributed by atoms with van der Waals surface area (Å²) in [6.45, 7) is -0.353. The molecule has 3 N–H and O–H groups in total. The highest BCUT2D eigenvalue weighted by Gasteiger charge is 2.23. The molecule has 0 bridgehead atoms. The number of fused-ring (bicyclic) bond motifs is 1. The second-order valence-electron chi connectivity index (χ2n) is 4.11. The minimum atomic E-state index is -0.999. The third-order valence-electron chi connectivity index (χ3n) is 2.81. The van der Waals surface area contributed by atoms with E-state index in [1.807, 2.05) is 6.07 Å². The molecule has 1 aromatic carbocycles. The van der Waals surface area contributed by atoms with E-state index in [9.17, 15) is 4.79 Å². The second kappa shape index (κ2) is 4.63. The van der Waals surface area contributed by atoms with Crippen LogP contribution in [0.5, 0.6) is 11.5 Å². The lowest BCUT2D eigenvalue weighted by Gasteiger charge is -2.10. The summed E-state index contributed by atoms with van der Waals surface area (Å²) in [5.41, 5.74) is 8.07. The molecule has 0 aromatic heterocycles. The molecule has 2 rings (SSSR count). The molecule has 1 unspecified atom stereocenters. The quantitative estimate of drug-likeness (QED) is 0.800. The topological polar surface area (TPSA) is 81.8 Å². The number of ether oxygens (including phenoxy) is 2. The van der Waals surface area contributed by atoms with Gasteiger partial charge in [-0.15, -0.1) is 0 Å². The van der Waals surface area contributed by atoms with Gasteiger partial charge in [-0.1, -0.05) is 0 Å². The third kappa shape index (κ3) is 2.50. The minimum absolute atomic E-state index is 0.105. The highest BCUT2D eigenvalue weighted by Crippen LogP contribution is 2.34. The van der Waals surface area contributed by atoms with Gasteiger partial charge in [-0.25, -0.2) is 4.79 Å². The second-order valence-corrected chi connectivity index (χ2v) is 4.11. The Labute approximate surface area is 99.1 Å². The van der Waals surface area contributed by atoms with Gasteiger partial charge in [0.15, 0.2) is 6.61 Å². The molecule has 1 aromatic rings. The number of nitrogens with two attached hydrogens (primary N) is 1. The maximum atomic E-state index is 10.4. The van der Waals surface area contributed by atoms with E-state index in [2.05, 4.69) is 0 Å². The zero-order valence-corrected chi connectivity index (χ0v) is 9.60. The van der Waals surface area contributed by atoms with Crippen LogP contribution >= 0.6 is 0 Å². The van der Waals surface area contributed by atoms with Crippen LogP contribution in [0.1, 0.15) is 11.1 Å². The number of hydrogen-bond acceptors (Lipinski definition) is 4. The van der Waals surface area contributed by atoms with Crippen molar-refractivity contribution in [1.82, 2.24) is 0 Å². The maximum Gasteiger partial charge on any atom is 0.341 e. The third-order valence-corrected chi connectivity index (χ3v) is 2.81. The summed E-state index contributed by atoms with van der Waals surface area (Å²) >= 11 is 0. The Bertz CT molecular complexity index is 444. The zero-order chi connectivity index (χ0) is 12.4. The van der Waals surface area contributed by atoms with E-state index in [0.29, 0.717) is 5.75 Å². The van der Waals surface area contributed by atoms with Crippen molar-refractivity contribution < 1.29 is 19.4 Å². The van der Waals surface area contributed by atoms with Gasteiger partial charge >= 0.3 is 5.97 Å². The van der Waals surface area contributed by atoms with E-state index in [4.69, 9.17) is 20.3 Å². The van der Waals surface area contributed by atoms with Gasteiger partial charge in [0, 0.05) is 12.1 Å². The molecule has 17 heavy (non-hydrogen) atoms. The van der Waals surface area contributed by atoms with Crippen LogP contribution in [0.25, 0.3) is 0 Å². The fraction of sp³-hybridized carbons (Fsp3) is 0.417. The first-order valence-electron chi connectivity index (χ1n) is 5.40. The molecule has 1 aliphatic carbocycles. The van der Waals surface area contributed by atoms with Crippen molar-refractivity contribution in [2.24, 2.45) is 5.73 Å². The van der Waals surface area contributed by atoms with Gasteiger partial charge in [0.25, 0.3) is 0 Å². The predicted octanol–water partition coefficient (Wildman–Crippen LogP) is 0.584. The van der Waals surface area contributed by atoms with Gasteiger partial charge in [0.2, 0.25) is 0 Å². The standard InChI is InChI=1S/C12H15NO4/c1-16-11-5-9(17-6-12(14)15)3-7-2-8(13)4-10(7)11/h3,5,8H,2,4,6,13H2,1H3,(H,14,15). The predicted molar refractivity (Wildman–Crippen MR) is 61.5 cm³/mol. The maximum absolute atomic E-state index is 10.4. The number of benzene rings is 1. The molecular formula is C12H15NO4. The smallest absolute Gasteiger partial charge is 0.341 e. The number of aliphatic carboxylic acids is 1. The molecule has 0 saturated carbocycles. The zero-order valence-electron chi connectivity index (χ0n) is 9.60. The van der Waals surface area contributed by atoms with E-state index in [-0.39, 0.29) is 12.6 Å². The van der Waals surface area contributed by atoms with Crippen molar-refractivity contribution in [1.29, 1.82) is 0 Å².